The topological polar surface area (TPSA) is 66.5 Å². The summed E-state index contributed by atoms with van der Waals surface area (Å²) < 4.78 is 64.9. The Morgan fingerprint density at radius 1 is 1.07 bits per heavy atom. The second kappa shape index (κ2) is 6.94. The summed E-state index contributed by atoms with van der Waals surface area (Å²) in [5.74, 6) is -3.88. The van der Waals surface area contributed by atoms with Crippen LogP contribution in [-0.4, -0.2) is 29.2 Å². The summed E-state index contributed by atoms with van der Waals surface area (Å²) in [6.07, 6.45) is -4.57. The first-order chi connectivity index (χ1) is 13.4. The monoisotopic (exact) mass is 412 g/mol. The number of benzene rings is 2. The Morgan fingerprint density at radius 2 is 1.69 bits per heavy atom. The molecule has 2 aromatic carbocycles. The minimum absolute atomic E-state index is 0.0757. The van der Waals surface area contributed by atoms with E-state index in [2.05, 4.69) is 5.32 Å². The van der Waals surface area contributed by atoms with Crippen LogP contribution in [0.2, 0.25) is 0 Å². The Morgan fingerprint density at radius 3 is 2.24 bits per heavy atom. The first-order valence-electron chi connectivity index (χ1n) is 8.23. The number of hydrogen-bond donors (Lipinski definition) is 1. The van der Waals surface area contributed by atoms with Crippen LogP contribution in [0.1, 0.15) is 28.4 Å². The van der Waals surface area contributed by atoms with Gasteiger partial charge >= 0.3 is 12.2 Å². The van der Waals surface area contributed by atoms with E-state index in [0.717, 1.165) is 36.4 Å². The van der Waals surface area contributed by atoms with Crippen molar-refractivity contribution in [1.82, 2.24) is 10.2 Å². The van der Waals surface area contributed by atoms with Crippen molar-refractivity contribution < 1.29 is 36.3 Å². The number of alkyl halides is 3. The van der Waals surface area contributed by atoms with Crippen LogP contribution < -0.4 is 5.32 Å². The van der Waals surface area contributed by atoms with Gasteiger partial charge in [-0.05, 0) is 36.8 Å². The van der Waals surface area contributed by atoms with Gasteiger partial charge in [-0.25, -0.2) is 13.6 Å². The van der Waals surface area contributed by atoms with Crippen molar-refractivity contribution in [1.29, 1.82) is 0 Å². The number of amides is 3. The number of rotatable bonds is 4. The van der Waals surface area contributed by atoms with Crippen molar-refractivity contribution in [3.8, 4) is 0 Å². The van der Waals surface area contributed by atoms with Gasteiger partial charge in [-0.1, -0.05) is 12.1 Å². The molecule has 5 nitrogen and oxygen atoms in total. The highest BCUT2D eigenvalue weighted by Crippen LogP contribution is 2.33. The molecule has 0 bridgehead atoms. The zero-order valence-corrected chi connectivity index (χ0v) is 14.8. The molecule has 1 saturated heterocycles. The molecule has 2 aromatic rings. The standard InChI is InChI=1S/C19H13F5N2O3/c1-18(10-2-4-11(5-3-10)19(22,23)24)16(28)26(17(29)25-18)9-15(27)13-7-6-12(20)8-14(13)21/h2-8H,9H2,1H3,(H,25,29). The predicted molar refractivity (Wildman–Crippen MR) is 89.7 cm³/mol. The molecule has 1 heterocycles. The molecule has 1 fully saturated rings. The highest BCUT2D eigenvalue weighted by molar-refractivity contribution is 6.11. The summed E-state index contributed by atoms with van der Waals surface area (Å²) in [4.78, 5) is 37.7. The molecule has 10 heteroatoms. The van der Waals surface area contributed by atoms with E-state index in [-0.39, 0.29) is 5.56 Å². The molecule has 3 amide bonds. The second-order valence-electron chi connectivity index (χ2n) is 6.57. The van der Waals surface area contributed by atoms with Gasteiger partial charge in [0, 0.05) is 6.07 Å². The lowest BCUT2D eigenvalue weighted by molar-refractivity contribution is -0.137. The molecule has 0 spiro atoms. The van der Waals surface area contributed by atoms with Crippen LogP contribution in [0.3, 0.4) is 0 Å². The molecule has 152 valence electrons. The van der Waals surface area contributed by atoms with E-state index < -0.39 is 58.7 Å². The summed E-state index contributed by atoms with van der Waals surface area (Å²) in [6, 6.07) is 4.90. The molecule has 1 aliphatic heterocycles. The lowest BCUT2D eigenvalue weighted by atomic mass is 9.91. The van der Waals surface area contributed by atoms with Crippen LogP contribution in [0.5, 0.6) is 0 Å². The highest BCUT2D eigenvalue weighted by Gasteiger charge is 2.49. The molecule has 1 atom stereocenters. The molecule has 1 aliphatic rings. The quantitative estimate of drug-likeness (QED) is 0.474. The lowest BCUT2D eigenvalue weighted by Crippen LogP contribution is -2.41. The minimum Gasteiger partial charge on any atom is -0.319 e. The maximum Gasteiger partial charge on any atom is 0.416 e. The zero-order chi connectivity index (χ0) is 21.6. The van der Waals surface area contributed by atoms with Gasteiger partial charge in [0.1, 0.15) is 17.2 Å². The second-order valence-corrected chi connectivity index (χ2v) is 6.57. The number of ketones is 1. The third kappa shape index (κ3) is 3.69. The molecule has 0 radical (unpaired) electrons. The third-order valence-corrected chi connectivity index (χ3v) is 4.60. The smallest absolute Gasteiger partial charge is 0.319 e. The van der Waals surface area contributed by atoms with Crippen molar-refractivity contribution in [3.05, 3.63) is 70.8 Å². The van der Waals surface area contributed by atoms with Crippen LogP contribution >= 0.6 is 0 Å². The Bertz CT molecular complexity index is 1000. The van der Waals surface area contributed by atoms with Gasteiger partial charge in [-0.2, -0.15) is 13.2 Å². The fourth-order valence-corrected chi connectivity index (χ4v) is 2.97. The average molecular weight is 412 g/mol. The molecule has 0 aromatic heterocycles. The van der Waals surface area contributed by atoms with E-state index in [1.54, 1.807) is 0 Å². The van der Waals surface area contributed by atoms with E-state index in [9.17, 15) is 36.3 Å². The number of hydrogen-bond acceptors (Lipinski definition) is 3. The van der Waals surface area contributed by atoms with E-state index in [4.69, 9.17) is 0 Å². The zero-order valence-electron chi connectivity index (χ0n) is 14.8. The predicted octanol–water partition coefficient (Wildman–Crippen LogP) is 3.63. The molecule has 0 aliphatic carbocycles. The summed E-state index contributed by atoms with van der Waals surface area (Å²) in [6.45, 7) is 0.461. The Kier molecular flexibility index (Phi) is 4.89. The fraction of sp³-hybridized carbons (Fsp3) is 0.211. The van der Waals surface area contributed by atoms with Gasteiger partial charge < -0.3 is 5.32 Å². The van der Waals surface area contributed by atoms with Gasteiger partial charge in [0.15, 0.2) is 5.78 Å². The third-order valence-electron chi connectivity index (χ3n) is 4.60. The van der Waals surface area contributed by atoms with Gasteiger partial charge in [-0.15, -0.1) is 0 Å². The van der Waals surface area contributed by atoms with Crippen LogP contribution in [0.4, 0.5) is 26.7 Å². The summed E-state index contributed by atoms with van der Waals surface area (Å²) in [7, 11) is 0. The highest BCUT2D eigenvalue weighted by atomic mass is 19.4. The lowest BCUT2D eigenvalue weighted by Gasteiger charge is -2.22. The maximum absolute atomic E-state index is 13.8. The molecule has 1 N–H and O–H groups in total. The Balaban J connectivity index is 1.84. The van der Waals surface area contributed by atoms with Crippen molar-refractivity contribution in [3.63, 3.8) is 0 Å². The number of nitrogens with zero attached hydrogens (tertiary/aromatic N) is 1. The van der Waals surface area contributed by atoms with Gasteiger partial charge in [0.2, 0.25) is 0 Å². The Hall–Kier alpha value is -3.30. The number of carbonyl (C=O) groups is 3. The molecular weight excluding hydrogens is 399 g/mol. The SMILES string of the molecule is CC1(c2ccc(C(F)(F)F)cc2)NC(=O)N(CC(=O)c2ccc(F)cc2F)C1=O. The number of halogens is 5. The number of nitrogens with one attached hydrogen (secondary N) is 1. The van der Waals surface area contributed by atoms with Crippen LogP contribution in [-0.2, 0) is 16.5 Å². The largest absolute Gasteiger partial charge is 0.416 e. The normalized spacial score (nSPS) is 19.4. The summed E-state index contributed by atoms with van der Waals surface area (Å²) in [5, 5.41) is 2.34. The van der Waals surface area contributed by atoms with Crippen molar-refractivity contribution in [2.75, 3.05) is 6.54 Å². The maximum atomic E-state index is 13.8. The summed E-state index contributed by atoms with van der Waals surface area (Å²) in [5.41, 5.74) is -3.06. The van der Waals surface area contributed by atoms with Gasteiger partial charge in [0.25, 0.3) is 5.91 Å². The number of Topliss-reactive ketones (excluding diaryl/α,β-unsaturated/α-hetero) is 1. The number of urea groups is 1. The van der Waals surface area contributed by atoms with Gasteiger partial charge in [0.05, 0.1) is 17.7 Å². The minimum atomic E-state index is -4.57. The van der Waals surface area contributed by atoms with Crippen LogP contribution in [0.15, 0.2) is 42.5 Å². The summed E-state index contributed by atoms with van der Waals surface area (Å²) >= 11 is 0. The number of imide groups is 1. The van der Waals surface area contributed by atoms with Crippen molar-refractivity contribution in [2.24, 2.45) is 0 Å². The first-order valence-corrected chi connectivity index (χ1v) is 8.23. The van der Waals surface area contributed by atoms with E-state index in [0.29, 0.717) is 11.0 Å². The molecule has 1 unspecified atom stereocenters. The molecule has 3 rings (SSSR count). The molecule has 29 heavy (non-hydrogen) atoms. The van der Waals surface area contributed by atoms with E-state index in [1.165, 1.54) is 6.92 Å². The average Bonchev–Trinajstić information content (AvgIpc) is 2.85. The van der Waals surface area contributed by atoms with Crippen LogP contribution in [0.25, 0.3) is 0 Å². The number of carbonyl (C=O) groups excluding carboxylic acids is 3. The van der Waals surface area contributed by atoms with Crippen molar-refractivity contribution >= 4 is 17.7 Å². The van der Waals surface area contributed by atoms with Crippen LogP contribution in [0, 0.1) is 11.6 Å². The van der Waals surface area contributed by atoms with E-state index in [1.807, 2.05) is 0 Å². The molecular formula is C19H13F5N2O3. The fourth-order valence-electron chi connectivity index (χ4n) is 2.97. The molecule has 0 saturated carbocycles. The van der Waals surface area contributed by atoms with Gasteiger partial charge in [-0.3, -0.25) is 14.5 Å². The van der Waals surface area contributed by atoms with E-state index >= 15 is 0 Å². The Labute approximate surface area is 161 Å². The van der Waals surface area contributed by atoms with Crippen molar-refractivity contribution in [2.45, 2.75) is 18.6 Å². The first kappa shape index (κ1) is 20.4.